The van der Waals surface area contributed by atoms with Gasteiger partial charge in [0.05, 0.1) is 12.6 Å². The maximum atomic E-state index is 10.4. The van der Waals surface area contributed by atoms with E-state index >= 15 is 0 Å². The van der Waals surface area contributed by atoms with Gasteiger partial charge in [-0.3, -0.25) is 9.89 Å². The molecular formula is C23H33IN4O. The van der Waals surface area contributed by atoms with Crippen molar-refractivity contribution >= 4 is 35.6 Å². The van der Waals surface area contributed by atoms with Crippen LogP contribution in [0.2, 0.25) is 0 Å². The first-order valence-electron chi connectivity index (χ1n) is 10.3. The van der Waals surface area contributed by atoms with Crippen molar-refractivity contribution in [1.82, 2.24) is 4.90 Å². The summed E-state index contributed by atoms with van der Waals surface area (Å²) in [6.07, 6.45) is 2.37. The predicted octanol–water partition coefficient (Wildman–Crippen LogP) is 3.58. The number of fused-ring (bicyclic) bond motifs is 1. The highest BCUT2D eigenvalue weighted by Gasteiger charge is 2.18. The lowest BCUT2D eigenvalue weighted by atomic mass is 10.00. The van der Waals surface area contributed by atoms with E-state index in [2.05, 4.69) is 71.5 Å². The van der Waals surface area contributed by atoms with Crippen LogP contribution in [-0.4, -0.2) is 41.7 Å². The lowest BCUT2D eigenvalue weighted by Gasteiger charge is -2.30. The third kappa shape index (κ3) is 6.42. The predicted molar refractivity (Wildman–Crippen MR) is 132 cm³/mol. The summed E-state index contributed by atoms with van der Waals surface area (Å²) in [5.41, 5.74) is 12.4. The van der Waals surface area contributed by atoms with Crippen molar-refractivity contribution in [2.45, 2.75) is 45.8 Å². The van der Waals surface area contributed by atoms with Crippen molar-refractivity contribution in [3.8, 4) is 0 Å². The number of benzene rings is 2. The van der Waals surface area contributed by atoms with E-state index in [9.17, 15) is 5.11 Å². The van der Waals surface area contributed by atoms with Gasteiger partial charge in [-0.15, -0.1) is 24.0 Å². The van der Waals surface area contributed by atoms with Gasteiger partial charge in [0.25, 0.3) is 0 Å². The molecule has 0 aromatic heterocycles. The SMILES string of the molecule is CCc1cccc(CC)c1NC(N)=NCC(O)CN1CCc2ccccc2C1.I. The van der Waals surface area contributed by atoms with E-state index in [1.54, 1.807) is 0 Å². The number of anilines is 1. The summed E-state index contributed by atoms with van der Waals surface area (Å²) >= 11 is 0. The lowest BCUT2D eigenvalue weighted by molar-refractivity contribution is 0.112. The van der Waals surface area contributed by atoms with Crippen LogP contribution in [0.15, 0.2) is 47.5 Å². The maximum absolute atomic E-state index is 10.4. The number of para-hydroxylation sites is 1. The molecule has 0 bridgehead atoms. The number of nitrogens with two attached hydrogens (primary N) is 1. The van der Waals surface area contributed by atoms with E-state index in [1.165, 1.54) is 22.3 Å². The molecule has 2 aromatic rings. The van der Waals surface area contributed by atoms with Crippen molar-refractivity contribution in [1.29, 1.82) is 0 Å². The molecule has 0 saturated carbocycles. The molecule has 1 aliphatic rings. The monoisotopic (exact) mass is 508 g/mol. The highest BCUT2D eigenvalue weighted by Crippen LogP contribution is 2.22. The number of nitrogens with zero attached hydrogens (tertiary/aromatic N) is 2. The molecule has 4 N–H and O–H groups in total. The summed E-state index contributed by atoms with van der Waals surface area (Å²) in [4.78, 5) is 6.67. The van der Waals surface area contributed by atoms with Crippen LogP contribution in [0.5, 0.6) is 0 Å². The molecule has 2 aromatic carbocycles. The summed E-state index contributed by atoms with van der Waals surface area (Å²) in [6, 6.07) is 14.8. The van der Waals surface area contributed by atoms with E-state index in [1.807, 2.05) is 0 Å². The lowest BCUT2D eigenvalue weighted by Crippen LogP contribution is -2.38. The number of hydrogen-bond donors (Lipinski definition) is 3. The molecule has 1 heterocycles. The second-order valence-corrected chi connectivity index (χ2v) is 7.42. The van der Waals surface area contributed by atoms with Gasteiger partial charge in [-0.05, 0) is 41.5 Å². The molecule has 158 valence electrons. The Morgan fingerprint density at radius 2 is 1.76 bits per heavy atom. The summed E-state index contributed by atoms with van der Waals surface area (Å²) in [6.45, 7) is 7.02. The maximum Gasteiger partial charge on any atom is 0.193 e. The van der Waals surface area contributed by atoms with E-state index in [-0.39, 0.29) is 24.0 Å². The summed E-state index contributed by atoms with van der Waals surface area (Å²) in [5.74, 6) is 0.360. The van der Waals surface area contributed by atoms with Gasteiger partial charge in [-0.2, -0.15) is 0 Å². The van der Waals surface area contributed by atoms with Crippen molar-refractivity contribution in [3.05, 3.63) is 64.7 Å². The number of halogens is 1. The van der Waals surface area contributed by atoms with Gasteiger partial charge >= 0.3 is 0 Å². The Bertz CT molecular complexity index is 802. The molecule has 6 heteroatoms. The normalized spacial score (nSPS) is 15.3. The quantitative estimate of drug-likeness (QED) is 0.304. The molecule has 0 amide bonds. The fraction of sp³-hybridized carbons (Fsp3) is 0.435. The fourth-order valence-electron chi connectivity index (χ4n) is 3.84. The van der Waals surface area contributed by atoms with Crippen LogP contribution >= 0.6 is 24.0 Å². The van der Waals surface area contributed by atoms with Crippen LogP contribution < -0.4 is 11.1 Å². The number of guanidine groups is 1. The van der Waals surface area contributed by atoms with Crippen LogP contribution in [0.3, 0.4) is 0 Å². The standard InChI is InChI=1S/C23H32N4O.HI/c1-3-17-10-7-11-18(4-2)22(17)26-23(24)25-14-21(28)16-27-13-12-19-8-5-6-9-20(19)15-27;/h5-11,21,28H,3-4,12-16H2,1-2H3,(H3,24,25,26);1H. The van der Waals surface area contributed by atoms with Crippen LogP contribution in [0, 0.1) is 0 Å². The van der Waals surface area contributed by atoms with Crippen molar-refractivity contribution in [2.24, 2.45) is 10.7 Å². The van der Waals surface area contributed by atoms with Gasteiger partial charge in [0.15, 0.2) is 5.96 Å². The molecule has 1 unspecified atom stereocenters. The molecular weight excluding hydrogens is 475 g/mol. The summed E-state index contributed by atoms with van der Waals surface area (Å²) in [5, 5.41) is 13.7. The number of nitrogens with one attached hydrogen (secondary N) is 1. The minimum Gasteiger partial charge on any atom is -0.390 e. The van der Waals surface area contributed by atoms with Gasteiger partial charge in [0.1, 0.15) is 0 Å². The Morgan fingerprint density at radius 3 is 2.41 bits per heavy atom. The van der Waals surface area contributed by atoms with Crippen LogP contribution in [-0.2, 0) is 25.8 Å². The minimum absolute atomic E-state index is 0. The smallest absolute Gasteiger partial charge is 0.193 e. The molecule has 0 aliphatic carbocycles. The average molecular weight is 508 g/mol. The fourth-order valence-corrected chi connectivity index (χ4v) is 3.84. The highest BCUT2D eigenvalue weighted by molar-refractivity contribution is 14.0. The van der Waals surface area contributed by atoms with Crippen molar-refractivity contribution < 1.29 is 5.11 Å². The topological polar surface area (TPSA) is 73.9 Å². The number of aliphatic hydroxyl groups is 1. The van der Waals surface area contributed by atoms with E-state index in [0.29, 0.717) is 19.0 Å². The Morgan fingerprint density at radius 1 is 1.10 bits per heavy atom. The Labute approximate surface area is 191 Å². The molecule has 0 saturated heterocycles. The van der Waals surface area contributed by atoms with Crippen molar-refractivity contribution in [3.63, 3.8) is 0 Å². The highest BCUT2D eigenvalue weighted by atomic mass is 127. The first-order valence-corrected chi connectivity index (χ1v) is 10.3. The molecule has 0 spiro atoms. The van der Waals surface area contributed by atoms with Gasteiger partial charge in [-0.25, -0.2) is 0 Å². The first kappa shape index (κ1) is 23.6. The van der Waals surface area contributed by atoms with Gasteiger partial charge < -0.3 is 16.2 Å². The van der Waals surface area contributed by atoms with E-state index in [4.69, 9.17) is 5.73 Å². The van der Waals surface area contributed by atoms with E-state index < -0.39 is 6.10 Å². The zero-order chi connectivity index (χ0) is 19.9. The summed E-state index contributed by atoms with van der Waals surface area (Å²) < 4.78 is 0. The molecule has 5 nitrogen and oxygen atoms in total. The molecule has 1 aliphatic heterocycles. The Kier molecular flexibility index (Phi) is 9.39. The number of hydrogen-bond acceptors (Lipinski definition) is 3. The Hall–Kier alpha value is -1.64. The first-order chi connectivity index (χ1) is 13.6. The van der Waals surface area contributed by atoms with Gasteiger partial charge in [0.2, 0.25) is 0 Å². The van der Waals surface area contributed by atoms with Crippen molar-refractivity contribution in [2.75, 3.05) is 25.0 Å². The Balaban J connectivity index is 0.00000300. The number of aliphatic hydroxyl groups excluding tert-OH is 1. The zero-order valence-corrected chi connectivity index (χ0v) is 19.7. The number of β-amino-alcohol motifs (C(OH)–C–C–N with tert-alkyl or cyclic N) is 1. The number of aryl methyl sites for hydroxylation is 2. The minimum atomic E-state index is -0.530. The number of rotatable bonds is 7. The van der Waals surface area contributed by atoms with Crippen LogP contribution in [0.4, 0.5) is 5.69 Å². The second kappa shape index (κ2) is 11.5. The third-order valence-electron chi connectivity index (χ3n) is 5.40. The second-order valence-electron chi connectivity index (χ2n) is 7.42. The molecule has 29 heavy (non-hydrogen) atoms. The number of aliphatic imine (C=N–C) groups is 1. The largest absolute Gasteiger partial charge is 0.390 e. The molecule has 1 atom stereocenters. The third-order valence-corrected chi connectivity index (χ3v) is 5.40. The zero-order valence-electron chi connectivity index (χ0n) is 17.4. The van der Waals surface area contributed by atoms with Crippen LogP contribution in [0.25, 0.3) is 0 Å². The molecule has 3 rings (SSSR count). The van der Waals surface area contributed by atoms with Gasteiger partial charge in [0, 0.05) is 25.3 Å². The summed E-state index contributed by atoms with van der Waals surface area (Å²) in [7, 11) is 0. The van der Waals surface area contributed by atoms with Crippen LogP contribution in [0.1, 0.15) is 36.1 Å². The molecule has 0 fully saturated rings. The van der Waals surface area contributed by atoms with Gasteiger partial charge in [-0.1, -0.05) is 56.3 Å². The van der Waals surface area contributed by atoms with E-state index in [0.717, 1.165) is 38.0 Å². The molecule has 0 radical (unpaired) electrons. The average Bonchev–Trinajstić information content (AvgIpc) is 2.72.